The molecule has 0 radical (unpaired) electrons. The summed E-state index contributed by atoms with van der Waals surface area (Å²) in [6, 6.07) is 12.3. The third-order valence-corrected chi connectivity index (χ3v) is 3.61. The standard InChI is InChI=1S/C15H13Cl2NO2/c1-9(11-4-2-3-5-13(11)16)18-10-6-7-12(15(19)20)14(17)8-10/h2-9,18H,1H3,(H,19,20). The van der Waals surface area contributed by atoms with Crippen LogP contribution in [0, 0.1) is 0 Å². The summed E-state index contributed by atoms with van der Waals surface area (Å²) >= 11 is 12.1. The highest BCUT2D eigenvalue weighted by Crippen LogP contribution is 2.27. The molecule has 2 aromatic carbocycles. The summed E-state index contributed by atoms with van der Waals surface area (Å²) in [6.07, 6.45) is 0. The number of aromatic carboxylic acids is 1. The summed E-state index contributed by atoms with van der Waals surface area (Å²) in [4.78, 5) is 10.9. The summed E-state index contributed by atoms with van der Waals surface area (Å²) in [6.45, 7) is 1.97. The topological polar surface area (TPSA) is 49.3 Å². The Hall–Kier alpha value is -1.71. The van der Waals surface area contributed by atoms with Crippen molar-refractivity contribution in [3.63, 3.8) is 0 Å². The lowest BCUT2D eigenvalue weighted by atomic mass is 10.1. The molecule has 0 saturated carbocycles. The van der Waals surface area contributed by atoms with E-state index in [1.165, 1.54) is 6.07 Å². The Bertz CT molecular complexity index is 644. The van der Waals surface area contributed by atoms with E-state index in [0.717, 1.165) is 11.3 Å². The molecule has 104 valence electrons. The van der Waals surface area contributed by atoms with Crippen molar-refractivity contribution in [1.29, 1.82) is 0 Å². The van der Waals surface area contributed by atoms with Crippen molar-refractivity contribution in [2.24, 2.45) is 0 Å². The number of benzene rings is 2. The van der Waals surface area contributed by atoms with Crippen LogP contribution in [-0.4, -0.2) is 11.1 Å². The molecule has 0 aliphatic carbocycles. The fourth-order valence-corrected chi connectivity index (χ4v) is 2.49. The minimum atomic E-state index is -1.04. The lowest BCUT2D eigenvalue weighted by Gasteiger charge is -2.17. The van der Waals surface area contributed by atoms with Crippen LogP contribution >= 0.6 is 23.2 Å². The fourth-order valence-electron chi connectivity index (χ4n) is 1.93. The predicted octanol–water partition coefficient (Wildman–Crippen LogP) is 4.86. The number of rotatable bonds is 4. The number of halogens is 2. The maximum absolute atomic E-state index is 10.9. The van der Waals surface area contributed by atoms with E-state index in [1.807, 2.05) is 31.2 Å². The Kier molecular flexibility index (Phi) is 4.53. The lowest BCUT2D eigenvalue weighted by molar-refractivity contribution is 0.0697. The molecular formula is C15H13Cl2NO2. The molecule has 5 heteroatoms. The van der Waals surface area contributed by atoms with Crippen LogP contribution in [0.3, 0.4) is 0 Å². The van der Waals surface area contributed by atoms with Crippen molar-refractivity contribution in [2.75, 3.05) is 5.32 Å². The average molecular weight is 310 g/mol. The van der Waals surface area contributed by atoms with Crippen LogP contribution in [0.1, 0.15) is 28.9 Å². The third-order valence-electron chi connectivity index (χ3n) is 2.95. The zero-order valence-corrected chi connectivity index (χ0v) is 12.2. The van der Waals surface area contributed by atoms with Crippen LogP contribution in [0.4, 0.5) is 5.69 Å². The van der Waals surface area contributed by atoms with Crippen LogP contribution in [0.15, 0.2) is 42.5 Å². The van der Waals surface area contributed by atoms with E-state index < -0.39 is 5.97 Å². The molecule has 1 unspecified atom stereocenters. The van der Waals surface area contributed by atoms with Gasteiger partial charge >= 0.3 is 5.97 Å². The first-order chi connectivity index (χ1) is 9.49. The highest BCUT2D eigenvalue weighted by atomic mass is 35.5. The van der Waals surface area contributed by atoms with E-state index in [9.17, 15) is 4.79 Å². The first kappa shape index (κ1) is 14.7. The number of hydrogen-bond acceptors (Lipinski definition) is 2. The Morgan fingerprint density at radius 2 is 1.85 bits per heavy atom. The van der Waals surface area contributed by atoms with E-state index >= 15 is 0 Å². The van der Waals surface area contributed by atoms with Crippen LogP contribution < -0.4 is 5.32 Å². The number of carbonyl (C=O) groups is 1. The number of carboxylic acids is 1. The third kappa shape index (κ3) is 3.24. The smallest absolute Gasteiger partial charge is 0.337 e. The molecule has 3 nitrogen and oxygen atoms in total. The number of carboxylic acid groups (broad SMARTS) is 1. The van der Waals surface area contributed by atoms with Gasteiger partial charge in [-0.3, -0.25) is 0 Å². The Labute approximate surface area is 127 Å². The molecule has 0 aromatic heterocycles. The Morgan fingerprint density at radius 3 is 2.45 bits per heavy atom. The van der Waals surface area contributed by atoms with E-state index in [2.05, 4.69) is 5.32 Å². The van der Waals surface area contributed by atoms with Crippen molar-refractivity contribution in [2.45, 2.75) is 13.0 Å². The highest BCUT2D eigenvalue weighted by molar-refractivity contribution is 6.33. The van der Waals surface area contributed by atoms with Gasteiger partial charge in [0.05, 0.1) is 10.6 Å². The van der Waals surface area contributed by atoms with Gasteiger partial charge in [-0.15, -0.1) is 0 Å². The molecule has 0 fully saturated rings. The largest absolute Gasteiger partial charge is 0.478 e. The summed E-state index contributed by atoms with van der Waals surface area (Å²) in [5.74, 6) is -1.04. The minimum Gasteiger partial charge on any atom is -0.478 e. The number of nitrogens with one attached hydrogen (secondary N) is 1. The molecule has 0 aliphatic heterocycles. The SMILES string of the molecule is CC(Nc1ccc(C(=O)O)c(Cl)c1)c1ccccc1Cl. The van der Waals surface area contributed by atoms with Gasteiger partial charge in [0, 0.05) is 16.8 Å². The lowest BCUT2D eigenvalue weighted by Crippen LogP contribution is -2.07. The molecule has 0 amide bonds. The number of anilines is 1. The van der Waals surface area contributed by atoms with Gasteiger partial charge in [0.25, 0.3) is 0 Å². The van der Waals surface area contributed by atoms with E-state index in [1.54, 1.807) is 12.1 Å². The normalized spacial score (nSPS) is 11.9. The second kappa shape index (κ2) is 6.16. The first-order valence-corrected chi connectivity index (χ1v) is 6.78. The molecular weight excluding hydrogens is 297 g/mol. The van der Waals surface area contributed by atoms with Crippen molar-refractivity contribution >= 4 is 34.9 Å². The minimum absolute atomic E-state index is 0.0181. The molecule has 0 spiro atoms. The zero-order valence-electron chi connectivity index (χ0n) is 10.7. The molecule has 2 rings (SSSR count). The summed E-state index contributed by atoms with van der Waals surface area (Å²) < 4.78 is 0. The molecule has 1 atom stereocenters. The van der Waals surface area contributed by atoms with Gasteiger partial charge in [-0.25, -0.2) is 4.79 Å². The van der Waals surface area contributed by atoms with Gasteiger partial charge in [-0.05, 0) is 36.8 Å². The second-order valence-corrected chi connectivity index (χ2v) is 5.20. The highest BCUT2D eigenvalue weighted by Gasteiger charge is 2.12. The van der Waals surface area contributed by atoms with E-state index in [0.29, 0.717) is 5.02 Å². The molecule has 2 aromatic rings. The van der Waals surface area contributed by atoms with Crippen molar-refractivity contribution in [3.8, 4) is 0 Å². The fraction of sp³-hybridized carbons (Fsp3) is 0.133. The van der Waals surface area contributed by atoms with Crippen LogP contribution in [0.25, 0.3) is 0 Å². The quantitative estimate of drug-likeness (QED) is 0.847. The van der Waals surface area contributed by atoms with Crippen molar-refractivity contribution in [3.05, 3.63) is 63.6 Å². The summed E-state index contributed by atoms with van der Waals surface area (Å²) in [7, 11) is 0. The monoisotopic (exact) mass is 309 g/mol. The van der Waals surface area contributed by atoms with Gasteiger partial charge in [0.2, 0.25) is 0 Å². The Morgan fingerprint density at radius 1 is 1.15 bits per heavy atom. The summed E-state index contributed by atoms with van der Waals surface area (Å²) in [5, 5.41) is 13.1. The maximum Gasteiger partial charge on any atom is 0.337 e. The second-order valence-electron chi connectivity index (χ2n) is 4.39. The number of hydrogen-bond donors (Lipinski definition) is 2. The molecule has 0 bridgehead atoms. The molecule has 20 heavy (non-hydrogen) atoms. The van der Waals surface area contributed by atoms with Gasteiger partial charge in [-0.2, -0.15) is 0 Å². The van der Waals surface area contributed by atoms with E-state index in [4.69, 9.17) is 28.3 Å². The van der Waals surface area contributed by atoms with E-state index in [-0.39, 0.29) is 16.6 Å². The van der Waals surface area contributed by atoms with Crippen LogP contribution in [0.2, 0.25) is 10.0 Å². The average Bonchev–Trinajstić information content (AvgIpc) is 2.38. The molecule has 0 heterocycles. The van der Waals surface area contributed by atoms with Crippen molar-refractivity contribution in [1.82, 2.24) is 0 Å². The Balaban J connectivity index is 2.20. The van der Waals surface area contributed by atoms with Crippen LogP contribution in [0.5, 0.6) is 0 Å². The van der Waals surface area contributed by atoms with Gasteiger partial charge < -0.3 is 10.4 Å². The molecule has 0 saturated heterocycles. The van der Waals surface area contributed by atoms with Crippen LogP contribution in [-0.2, 0) is 0 Å². The van der Waals surface area contributed by atoms with Gasteiger partial charge in [0.15, 0.2) is 0 Å². The first-order valence-electron chi connectivity index (χ1n) is 6.03. The summed E-state index contributed by atoms with van der Waals surface area (Å²) in [5.41, 5.74) is 1.79. The molecule has 2 N–H and O–H groups in total. The zero-order chi connectivity index (χ0) is 14.7. The predicted molar refractivity (Wildman–Crippen MR) is 81.9 cm³/mol. The maximum atomic E-state index is 10.9. The van der Waals surface area contributed by atoms with Gasteiger partial charge in [0.1, 0.15) is 0 Å². The van der Waals surface area contributed by atoms with Crippen molar-refractivity contribution < 1.29 is 9.90 Å². The molecule has 0 aliphatic rings. The van der Waals surface area contributed by atoms with Gasteiger partial charge in [-0.1, -0.05) is 41.4 Å².